The summed E-state index contributed by atoms with van der Waals surface area (Å²) in [6.07, 6.45) is 2.53. The second kappa shape index (κ2) is 6.80. The van der Waals surface area contributed by atoms with Gasteiger partial charge in [-0.25, -0.2) is 13.8 Å². The second-order valence-corrected chi connectivity index (χ2v) is 5.44. The lowest BCUT2D eigenvalue weighted by atomic mass is 10.2. The van der Waals surface area contributed by atoms with Crippen LogP contribution in [0.1, 0.15) is 18.9 Å². The van der Waals surface area contributed by atoms with Gasteiger partial charge < -0.3 is 10.6 Å². The van der Waals surface area contributed by atoms with Gasteiger partial charge in [0.2, 0.25) is 5.95 Å². The van der Waals surface area contributed by atoms with Gasteiger partial charge in [0.15, 0.2) is 11.6 Å². The van der Waals surface area contributed by atoms with E-state index in [1.807, 2.05) is 6.92 Å². The van der Waals surface area contributed by atoms with Gasteiger partial charge in [0, 0.05) is 22.8 Å². The number of aromatic nitrogens is 2. The molecule has 1 heterocycles. The molecular weight excluding hydrogens is 342 g/mol. The average Bonchev–Trinajstić information content (AvgIpc) is 2.43. The quantitative estimate of drug-likeness (QED) is 0.833. The first kappa shape index (κ1) is 15.6. The molecule has 0 bridgehead atoms. The Hall–Kier alpha value is -1.76. The van der Waals surface area contributed by atoms with Gasteiger partial charge in [0.25, 0.3) is 0 Å². The Balaban J connectivity index is 2.31. The van der Waals surface area contributed by atoms with E-state index in [-0.39, 0.29) is 5.69 Å². The molecule has 0 unspecified atom stereocenters. The Morgan fingerprint density at radius 3 is 2.52 bits per heavy atom. The number of aryl methyl sites for hydroxylation is 1. The number of anilines is 3. The molecule has 0 radical (unpaired) electrons. The first-order valence-corrected chi connectivity index (χ1v) is 7.29. The Bertz CT molecular complexity index is 626. The zero-order chi connectivity index (χ0) is 15.4. The van der Waals surface area contributed by atoms with Crippen LogP contribution < -0.4 is 10.6 Å². The van der Waals surface area contributed by atoms with Crippen LogP contribution in [0.15, 0.2) is 22.8 Å². The number of benzene rings is 1. The van der Waals surface area contributed by atoms with Crippen molar-refractivity contribution in [3.05, 3.63) is 40.0 Å². The van der Waals surface area contributed by atoms with Crippen LogP contribution in [0.3, 0.4) is 0 Å². The first-order valence-electron chi connectivity index (χ1n) is 6.50. The normalized spacial score (nSPS) is 10.5. The summed E-state index contributed by atoms with van der Waals surface area (Å²) in [5.74, 6) is -0.600. The van der Waals surface area contributed by atoms with Crippen LogP contribution >= 0.6 is 15.9 Å². The summed E-state index contributed by atoms with van der Waals surface area (Å²) in [6, 6.07) is 2.39. The highest BCUT2D eigenvalue weighted by Gasteiger charge is 2.13. The summed E-state index contributed by atoms with van der Waals surface area (Å²) >= 11 is 3.04. The van der Waals surface area contributed by atoms with Crippen LogP contribution in [0.4, 0.5) is 26.2 Å². The maximum Gasteiger partial charge on any atom is 0.224 e. The number of nitrogens with zero attached hydrogens (tertiary/aromatic N) is 2. The van der Waals surface area contributed by atoms with E-state index in [0.29, 0.717) is 21.8 Å². The largest absolute Gasteiger partial charge is 0.354 e. The number of hydrogen-bond donors (Lipinski definition) is 2. The summed E-state index contributed by atoms with van der Waals surface area (Å²) < 4.78 is 28.0. The Labute approximate surface area is 130 Å². The van der Waals surface area contributed by atoms with Crippen LogP contribution in [0.2, 0.25) is 0 Å². The van der Waals surface area contributed by atoms with E-state index in [1.165, 1.54) is 12.1 Å². The molecule has 1 aromatic carbocycles. The molecular formula is C14H15BrF2N4. The molecule has 0 aliphatic rings. The molecule has 0 fully saturated rings. The monoisotopic (exact) mass is 356 g/mol. The third-order valence-corrected chi connectivity index (χ3v) is 3.21. The predicted molar refractivity (Wildman–Crippen MR) is 82.9 cm³/mol. The van der Waals surface area contributed by atoms with Gasteiger partial charge in [-0.1, -0.05) is 22.9 Å². The van der Waals surface area contributed by atoms with Crippen LogP contribution in [0.5, 0.6) is 0 Å². The van der Waals surface area contributed by atoms with Crippen molar-refractivity contribution in [3.63, 3.8) is 0 Å². The van der Waals surface area contributed by atoms with E-state index in [2.05, 4.69) is 36.5 Å². The fourth-order valence-electron chi connectivity index (χ4n) is 1.67. The lowest BCUT2D eigenvalue weighted by Crippen LogP contribution is -2.08. The molecule has 2 N–H and O–H groups in total. The van der Waals surface area contributed by atoms with E-state index in [4.69, 9.17) is 0 Å². The zero-order valence-corrected chi connectivity index (χ0v) is 13.3. The van der Waals surface area contributed by atoms with Gasteiger partial charge >= 0.3 is 0 Å². The van der Waals surface area contributed by atoms with Crippen molar-refractivity contribution in [1.82, 2.24) is 9.97 Å². The standard InChI is InChI=1S/C14H15BrF2N4/c1-3-4-18-14-19-7-8(2)13(21-14)20-12-10(16)5-9(15)6-11(12)17/h5-7H,3-4H2,1-2H3,(H2,18,19,20,21). The lowest BCUT2D eigenvalue weighted by molar-refractivity contribution is 0.589. The number of hydrogen-bond acceptors (Lipinski definition) is 4. The molecule has 112 valence electrons. The predicted octanol–water partition coefficient (Wildman–Crippen LogP) is 4.39. The summed E-state index contributed by atoms with van der Waals surface area (Å²) in [5.41, 5.74) is 0.459. The Kier molecular flexibility index (Phi) is 5.06. The smallest absolute Gasteiger partial charge is 0.224 e. The minimum atomic E-state index is -0.692. The summed E-state index contributed by atoms with van der Waals surface area (Å²) in [5, 5.41) is 5.72. The molecule has 21 heavy (non-hydrogen) atoms. The fourth-order valence-corrected chi connectivity index (χ4v) is 2.07. The molecule has 0 aliphatic carbocycles. The maximum atomic E-state index is 13.8. The maximum absolute atomic E-state index is 13.8. The molecule has 2 rings (SSSR count). The van der Waals surface area contributed by atoms with E-state index in [1.54, 1.807) is 13.1 Å². The third-order valence-electron chi connectivity index (χ3n) is 2.76. The van der Waals surface area contributed by atoms with Crippen LogP contribution in [0, 0.1) is 18.6 Å². The highest BCUT2D eigenvalue weighted by Crippen LogP contribution is 2.27. The van der Waals surface area contributed by atoms with Crippen molar-refractivity contribution in [1.29, 1.82) is 0 Å². The molecule has 7 heteroatoms. The molecule has 2 aromatic rings. The highest BCUT2D eigenvalue weighted by molar-refractivity contribution is 9.10. The van der Waals surface area contributed by atoms with Gasteiger partial charge in [-0.15, -0.1) is 0 Å². The van der Waals surface area contributed by atoms with E-state index >= 15 is 0 Å². The van der Waals surface area contributed by atoms with Crippen LogP contribution in [-0.4, -0.2) is 16.5 Å². The van der Waals surface area contributed by atoms with Crippen molar-refractivity contribution in [3.8, 4) is 0 Å². The lowest BCUT2D eigenvalue weighted by Gasteiger charge is -2.12. The van der Waals surface area contributed by atoms with Crippen LogP contribution in [0.25, 0.3) is 0 Å². The van der Waals surface area contributed by atoms with E-state index in [0.717, 1.165) is 13.0 Å². The van der Waals surface area contributed by atoms with Gasteiger partial charge in [0.1, 0.15) is 11.5 Å². The minimum absolute atomic E-state index is 0.235. The molecule has 0 saturated heterocycles. The molecule has 0 spiro atoms. The van der Waals surface area contributed by atoms with Gasteiger partial charge in [0.05, 0.1) is 0 Å². The van der Waals surface area contributed by atoms with Crippen molar-refractivity contribution in [2.45, 2.75) is 20.3 Å². The Morgan fingerprint density at radius 2 is 1.90 bits per heavy atom. The summed E-state index contributed by atoms with van der Waals surface area (Å²) in [7, 11) is 0. The van der Waals surface area contributed by atoms with Crippen molar-refractivity contribution in [2.75, 3.05) is 17.2 Å². The van der Waals surface area contributed by atoms with Crippen molar-refractivity contribution < 1.29 is 8.78 Å². The van der Waals surface area contributed by atoms with Crippen LogP contribution in [-0.2, 0) is 0 Å². The van der Waals surface area contributed by atoms with Gasteiger partial charge in [-0.2, -0.15) is 4.98 Å². The van der Waals surface area contributed by atoms with E-state index < -0.39 is 11.6 Å². The summed E-state index contributed by atoms with van der Waals surface area (Å²) in [4.78, 5) is 8.35. The third kappa shape index (κ3) is 3.87. The van der Waals surface area contributed by atoms with E-state index in [9.17, 15) is 8.78 Å². The average molecular weight is 357 g/mol. The molecule has 0 aliphatic heterocycles. The van der Waals surface area contributed by atoms with Crippen molar-refractivity contribution >= 4 is 33.4 Å². The number of halogens is 3. The van der Waals surface area contributed by atoms with Gasteiger partial charge in [-0.05, 0) is 25.5 Å². The fraction of sp³-hybridized carbons (Fsp3) is 0.286. The molecule has 4 nitrogen and oxygen atoms in total. The topological polar surface area (TPSA) is 49.8 Å². The highest BCUT2D eigenvalue weighted by atomic mass is 79.9. The molecule has 0 amide bonds. The van der Waals surface area contributed by atoms with Gasteiger partial charge in [-0.3, -0.25) is 0 Å². The number of rotatable bonds is 5. The number of nitrogens with one attached hydrogen (secondary N) is 2. The zero-order valence-electron chi connectivity index (χ0n) is 11.7. The van der Waals surface area contributed by atoms with Crippen molar-refractivity contribution in [2.24, 2.45) is 0 Å². The second-order valence-electron chi connectivity index (χ2n) is 4.52. The SMILES string of the molecule is CCCNc1ncc(C)c(Nc2c(F)cc(Br)cc2F)n1. The minimum Gasteiger partial charge on any atom is -0.354 e. The molecule has 0 saturated carbocycles. The Morgan fingerprint density at radius 1 is 1.24 bits per heavy atom. The molecule has 1 aromatic heterocycles. The summed E-state index contributed by atoms with van der Waals surface area (Å²) in [6.45, 7) is 4.51. The first-order chi connectivity index (χ1) is 10.0. The molecule has 0 atom stereocenters.